The van der Waals surface area contributed by atoms with E-state index in [0.717, 1.165) is 12.1 Å². The SMILES string of the molecule is CC1CN(C2=Nc3ccc(C(F)(F)F)cc3Oc3ccccc32)CCN1C(=O)Nc1ccccc1F. The topological polar surface area (TPSA) is 57.2 Å². The number of ether oxygens (including phenoxy) is 1. The minimum absolute atomic E-state index is 0.0169. The van der Waals surface area contributed by atoms with Crippen LogP contribution in [-0.2, 0) is 6.18 Å². The highest BCUT2D eigenvalue weighted by molar-refractivity contribution is 6.04. The molecule has 2 amide bonds. The molecule has 1 atom stereocenters. The predicted molar refractivity (Wildman–Crippen MR) is 127 cm³/mol. The summed E-state index contributed by atoms with van der Waals surface area (Å²) in [5, 5.41) is 2.61. The Morgan fingerprint density at radius 2 is 1.78 bits per heavy atom. The number of piperazine rings is 1. The molecule has 1 fully saturated rings. The van der Waals surface area contributed by atoms with Gasteiger partial charge in [0.05, 0.1) is 16.8 Å². The average Bonchev–Trinajstić information content (AvgIpc) is 3.01. The maximum absolute atomic E-state index is 14.0. The van der Waals surface area contributed by atoms with E-state index in [9.17, 15) is 22.4 Å². The first-order chi connectivity index (χ1) is 17.2. The highest BCUT2D eigenvalue weighted by Crippen LogP contribution is 2.42. The number of amidine groups is 1. The first-order valence-electron chi connectivity index (χ1n) is 11.3. The van der Waals surface area contributed by atoms with Crippen LogP contribution in [-0.4, -0.2) is 47.3 Å². The molecule has 2 aliphatic heterocycles. The number of benzene rings is 3. The second-order valence-electron chi connectivity index (χ2n) is 8.61. The number of nitrogens with one attached hydrogen (secondary N) is 1. The molecule has 10 heteroatoms. The summed E-state index contributed by atoms with van der Waals surface area (Å²) >= 11 is 0. The van der Waals surface area contributed by atoms with Gasteiger partial charge in [-0.3, -0.25) is 0 Å². The number of nitrogens with zero attached hydrogens (tertiary/aromatic N) is 3. The molecule has 186 valence electrons. The smallest absolute Gasteiger partial charge is 0.416 e. The van der Waals surface area contributed by atoms with Gasteiger partial charge in [-0.15, -0.1) is 0 Å². The molecule has 0 spiro atoms. The van der Waals surface area contributed by atoms with Crippen molar-refractivity contribution in [3.05, 3.63) is 83.7 Å². The van der Waals surface area contributed by atoms with Crippen molar-refractivity contribution in [1.29, 1.82) is 0 Å². The van der Waals surface area contributed by atoms with E-state index in [1.807, 2.05) is 11.8 Å². The second-order valence-corrected chi connectivity index (χ2v) is 8.61. The van der Waals surface area contributed by atoms with Crippen LogP contribution in [0.1, 0.15) is 18.1 Å². The molecule has 6 nitrogen and oxygen atoms in total. The van der Waals surface area contributed by atoms with Crippen LogP contribution in [0.3, 0.4) is 0 Å². The van der Waals surface area contributed by atoms with Crippen LogP contribution < -0.4 is 10.1 Å². The van der Waals surface area contributed by atoms with Crippen molar-refractivity contribution in [2.45, 2.75) is 19.1 Å². The van der Waals surface area contributed by atoms with Gasteiger partial charge in [0.15, 0.2) is 5.75 Å². The van der Waals surface area contributed by atoms with Crippen molar-refractivity contribution in [1.82, 2.24) is 9.80 Å². The summed E-state index contributed by atoms with van der Waals surface area (Å²) in [6, 6.07) is 15.5. The maximum Gasteiger partial charge on any atom is 0.416 e. The van der Waals surface area contributed by atoms with E-state index in [2.05, 4.69) is 5.32 Å². The fourth-order valence-electron chi connectivity index (χ4n) is 4.34. The molecule has 0 aliphatic carbocycles. The van der Waals surface area contributed by atoms with E-state index in [-0.39, 0.29) is 23.2 Å². The summed E-state index contributed by atoms with van der Waals surface area (Å²) in [4.78, 5) is 21.1. The van der Waals surface area contributed by atoms with Crippen molar-refractivity contribution < 1.29 is 27.1 Å². The van der Waals surface area contributed by atoms with Gasteiger partial charge in [0, 0.05) is 25.7 Å². The van der Waals surface area contributed by atoms with Gasteiger partial charge in [-0.25, -0.2) is 14.2 Å². The standard InChI is InChI=1S/C26H22F4N4O2/c1-16-15-33(12-13-34(16)25(35)32-20-8-4-3-7-19(20)27)24-18-6-2-5-9-22(18)36-23-14-17(26(28,29)30)10-11-21(23)31-24/h2-11,14,16H,12-13,15H2,1H3,(H,32,35). The van der Waals surface area contributed by atoms with Crippen LogP contribution in [0.25, 0.3) is 0 Å². The summed E-state index contributed by atoms with van der Waals surface area (Å²) in [6.07, 6.45) is -4.51. The number of alkyl halides is 3. The van der Waals surface area contributed by atoms with Gasteiger partial charge in [-0.05, 0) is 49.4 Å². The van der Waals surface area contributed by atoms with Crippen molar-refractivity contribution in [2.75, 3.05) is 25.0 Å². The van der Waals surface area contributed by atoms with E-state index >= 15 is 0 Å². The molecule has 1 saturated heterocycles. The molecule has 1 N–H and O–H groups in total. The van der Waals surface area contributed by atoms with Crippen molar-refractivity contribution in [3.63, 3.8) is 0 Å². The number of hydrogen-bond donors (Lipinski definition) is 1. The zero-order valence-corrected chi connectivity index (χ0v) is 19.2. The van der Waals surface area contributed by atoms with Gasteiger partial charge in [0.1, 0.15) is 23.1 Å². The van der Waals surface area contributed by atoms with Crippen LogP contribution in [0.2, 0.25) is 0 Å². The van der Waals surface area contributed by atoms with Gasteiger partial charge in [0.25, 0.3) is 0 Å². The molecule has 36 heavy (non-hydrogen) atoms. The number of carbonyl (C=O) groups is 1. The van der Waals surface area contributed by atoms with Crippen LogP contribution in [0.15, 0.2) is 71.7 Å². The molecule has 0 saturated carbocycles. The quantitative estimate of drug-likeness (QED) is 0.403. The average molecular weight is 498 g/mol. The summed E-state index contributed by atoms with van der Waals surface area (Å²) in [6.45, 7) is 3.03. The van der Waals surface area contributed by atoms with E-state index < -0.39 is 23.6 Å². The number of para-hydroxylation sites is 2. The van der Waals surface area contributed by atoms with Crippen LogP contribution in [0, 0.1) is 5.82 Å². The zero-order valence-electron chi connectivity index (χ0n) is 19.2. The van der Waals surface area contributed by atoms with Crippen LogP contribution in [0.4, 0.5) is 33.7 Å². The zero-order chi connectivity index (χ0) is 25.4. The third kappa shape index (κ3) is 4.58. The number of fused-ring (bicyclic) bond motifs is 2. The normalized spacial score (nSPS) is 17.4. The summed E-state index contributed by atoms with van der Waals surface area (Å²) in [5.74, 6) is 0.434. The van der Waals surface area contributed by atoms with Gasteiger partial charge in [-0.2, -0.15) is 13.2 Å². The van der Waals surface area contributed by atoms with Gasteiger partial charge in [0.2, 0.25) is 0 Å². The Kier molecular flexibility index (Phi) is 6.03. The second kappa shape index (κ2) is 9.18. The molecule has 3 aromatic carbocycles. The summed E-state index contributed by atoms with van der Waals surface area (Å²) < 4.78 is 59.7. The number of aliphatic imine (C=N–C) groups is 1. The number of amides is 2. The van der Waals surface area contributed by atoms with Gasteiger partial charge in [-0.1, -0.05) is 24.3 Å². The first kappa shape index (κ1) is 23.7. The Labute approximate surface area is 204 Å². The molecule has 0 radical (unpaired) electrons. The molecular weight excluding hydrogens is 476 g/mol. The number of halogens is 4. The summed E-state index contributed by atoms with van der Waals surface area (Å²) in [5.41, 5.74) is 0.201. The van der Waals surface area contributed by atoms with Crippen LogP contribution in [0.5, 0.6) is 11.5 Å². The lowest BCUT2D eigenvalue weighted by atomic mass is 10.1. The van der Waals surface area contributed by atoms with Crippen molar-refractivity contribution >= 4 is 23.2 Å². The third-order valence-corrected chi connectivity index (χ3v) is 6.16. The fraction of sp³-hybridized carbons (Fsp3) is 0.231. The number of anilines is 1. The third-order valence-electron chi connectivity index (χ3n) is 6.16. The highest BCUT2D eigenvalue weighted by Gasteiger charge is 2.34. The minimum Gasteiger partial charge on any atom is -0.454 e. The summed E-state index contributed by atoms with van der Waals surface area (Å²) in [7, 11) is 0. The Morgan fingerprint density at radius 1 is 1.03 bits per heavy atom. The maximum atomic E-state index is 14.0. The van der Waals surface area contributed by atoms with E-state index in [0.29, 0.717) is 36.8 Å². The van der Waals surface area contributed by atoms with E-state index in [4.69, 9.17) is 9.73 Å². The lowest BCUT2D eigenvalue weighted by Gasteiger charge is -2.41. The lowest BCUT2D eigenvalue weighted by molar-refractivity contribution is -0.137. The first-order valence-corrected chi connectivity index (χ1v) is 11.3. The predicted octanol–water partition coefficient (Wildman–Crippen LogP) is 6.27. The monoisotopic (exact) mass is 498 g/mol. The number of hydrogen-bond acceptors (Lipinski definition) is 4. The van der Waals surface area contributed by atoms with Gasteiger partial charge < -0.3 is 19.9 Å². The molecular formula is C26H22F4N4O2. The highest BCUT2D eigenvalue weighted by atomic mass is 19.4. The molecule has 1 unspecified atom stereocenters. The number of carbonyl (C=O) groups excluding carboxylic acids is 1. The molecule has 3 aromatic rings. The Bertz CT molecular complexity index is 1340. The molecule has 0 aromatic heterocycles. The minimum atomic E-state index is -4.51. The van der Waals surface area contributed by atoms with Crippen molar-refractivity contribution in [2.24, 2.45) is 4.99 Å². The fourth-order valence-corrected chi connectivity index (χ4v) is 4.34. The molecule has 2 heterocycles. The van der Waals surface area contributed by atoms with Gasteiger partial charge >= 0.3 is 12.2 Å². The lowest BCUT2D eigenvalue weighted by Crippen LogP contribution is -2.56. The Morgan fingerprint density at radius 3 is 2.53 bits per heavy atom. The molecule has 0 bridgehead atoms. The van der Waals surface area contributed by atoms with Crippen LogP contribution >= 0.6 is 0 Å². The molecule has 2 aliphatic rings. The van der Waals surface area contributed by atoms with Crippen molar-refractivity contribution in [3.8, 4) is 11.5 Å². The Hall–Kier alpha value is -4.08. The van der Waals surface area contributed by atoms with E-state index in [1.54, 1.807) is 41.3 Å². The number of urea groups is 1. The Balaban J connectivity index is 1.41. The molecule has 5 rings (SSSR count). The number of rotatable bonds is 1. The van der Waals surface area contributed by atoms with E-state index in [1.165, 1.54) is 18.2 Å². The largest absolute Gasteiger partial charge is 0.454 e.